The van der Waals surface area contributed by atoms with E-state index < -0.39 is 67.0 Å². The van der Waals surface area contributed by atoms with Crippen LogP contribution in [0.15, 0.2) is 115 Å². The summed E-state index contributed by atoms with van der Waals surface area (Å²) in [6.45, 7) is 0.652. The number of imide groups is 1. The Morgan fingerprint density at radius 2 is 0.981 bits per heavy atom. The Hall–Kier alpha value is -3.73. The third-order valence-electron chi connectivity index (χ3n) is 7.90. The third kappa shape index (κ3) is 9.62. The number of methoxy groups -OCH3 is 1. The molecule has 0 N–H and O–H groups in total. The Balaban J connectivity index is 1.60. The lowest BCUT2D eigenvalue weighted by Crippen LogP contribution is -2.68. The number of rotatable bonds is 10. The smallest absolute Gasteiger partial charge is 0.338 e. The van der Waals surface area contributed by atoms with Crippen molar-refractivity contribution in [2.24, 2.45) is 0 Å². The van der Waals surface area contributed by atoms with Crippen LogP contribution in [-0.2, 0) is 28.5 Å². The molecule has 0 radical (unpaired) electrons. The van der Waals surface area contributed by atoms with Gasteiger partial charge in [0.2, 0.25) is 5.91 Å². The van der Waals surface area contributed by atoms with Gasteiger partial charge in [-0.1, -0.05) is 63.7 Å². The lowest BCUT2D eigenvalue weighted by Gasteiger charge is -2.47. The highest BCUT2D eigenvalue weighted by atomic mass is 79.9. The summed E-state index contributed by atoms with van der Waals surface area (Å²) in [5.41, 5.74) is 0.601. The molecule has 2 amide bonds. The maximum absolute atomic E-state index is 14.1. The van der Waals surface area contributed by atoms with Crippen LogP contribution in [-0.4, -0.2) is 79.0 Å². The normalized spacial score (nSPS) is 19.6. The largest absolute Gasteiger partial charge is 0.459 e. The summed E-state index contributed by atoms with van der Waals surface area (Å²) >= 11 is 13.4. The fourth-order valence-electron chi connectivity index (χ4n) is 5.37. The van der Waals surface area contributed by atoms with Crippen molar-refractivity contribution in [3.8, 4) is 0 Å². The molecule has 1 aliphatic heterocycles. The number of hydrogen-bond donors (Lipinski definition) is 0. The Morgan fingerprint density at radius 3 is 1.38 bits per heavy atom. The average molecular weight is 967 g/mol. The van der Waals surface area contributed by atoms with Crippen molar-refractivity contribution in [3.63, 3.8) is 0 Å². The quantitative estimate of drug-likeness (QED) is 0.115. The summed E-state index contributed by atoms with van der Waals surface area (Å²) in [7, 11) is 1.27. The second-order valence-electron chi connectivity index (χ2n) is 11.3. The van der Waals surface area contributed by atoms with Gasteiger partial charge in [0.25, 0.3) is 5.91 Å². The number of esters is 3. The molecule has 4 aromatic rings. The molecule has 0 saturated carbocycles. The molecule has 0 aliphatic carbocycles. The van der Waals surface area contributed by atoms with Crippen LogP contribution in [0, 0.1) is 0 Å². The van der Waals surface area contributed by atoms with Crippen LogP contribution in [0.5, 0.6) is 0 Å². The number of hydrogen-bond acceptors (Lipinski definition) is 10. The van der Waals surface area contributed by atoms with Crippen LogP contribution >= 0.6 is 63.7 Å². The van der Waals surface area contributed by atoms with Crippen molar-refractivity contribution in [1.29, 1.82) is 0 Å². The molecule has 1 saturated heterocycles. The van der Waals surface area contributed by atoms with Gasteiger partial charge in [0, 0.05) is 37.5 Å². The van der Waals surface area contributed by atoms with Gasteiger partial charge in [-0.05, 0) is 97.1 Å². The first kappa shape index (κ1) is 39.5. The van der Waals surface area contributed by atoms with Crippen LogP contribution in [0.1, 0.15) is 48.4 Å². The average Bonchev–Trinajstić information content (AvgIpc) is 3.13. The molecule has 0 bridgehead atoms. The number of nitrogens with zero attached hydrogens (tertiary/aromatic N) is 1. The molecular weight excluding hydrogens is 938 g/mol. The molecule has 0 spiro atoms. The van der Waals surface area contributed by atoms with Gasteiger partial charge in [-0.2, -0.15) is 0 Å². The first-order valence-electron chi connectivity index (χ1n) is 15.5. The zero-order chi connectivity index (χ0) is 37.5. The van der Waals surface area contributed by atoms with E-state index >= 15 is 0 Å². The van der Waals surface area contributed by atoms with Gasteiger partial charge in [-0.25, -0.2) is 14.4 Å². The highest BCUT2D eigenvalue weighted by Gasteiger charge is 2.55. The van der Waals surface area contributed by atoms with Crippen LogP contribution in [0.2, 0.25) is 0 Å². The molecule has 0 unspecified atom stereocenters. The molecule has 0 aromatic heterocycles. The van der Waals surface area contributed by atoms with Gasteiger partial charge in [0.05, 0.1) is 16.7 Å². The van der Waals surface area contributed by atoms with E-state index in [9.17, 15) is 24.0 Å². The van der Waals surface area contributed by atoms with Crippen molar-refractivity contribution in [1.82, 2.24) is 4.90 Å². The molecule has 5 rings (SSSR count). The maximum Gasteiger partial charge on any atom is 0.338 e. The van der Waals surface area contributed by atoms with Gasteiger partial charge in [-0.3, -0.25) is 14.5 Å². The molecular formula is C37H29Br4NO10. The Labute approximate surface area is 332 Å². The summed E-state index contributed by atoms with van der Waals surface area (Å²) in [4.78, 5) is 69.0. The molecule has 4 aromatic carbocycles. The fraction of sp³-hybridized carbons (Fsp3) is 0.216. The van der Waals surface area contributed by atoms with Crippen molar-refractivity contribution in [3.05, 3.63) is 137 Å². The second-order valence-corrected chi connectivity index (χ2v) is 15.0. The van der Waals surface area contributed by atoms with Crippen LogP contribution in [0.4, 0.5) is 0 Å². The van der Waals surface area contributed by atoms with Gasteiger partial charge in [0.1, 0.15) is 18.8 Å². The van der Waals surface area contributed by atoms with Crippen molar-refractivity contribution < 1.29 is 47.7 Å². The van der Waals surface area contributed by atoms with E-state index in [0.29, 0.717) is 13.4 Å². The monoisotopic (exact) mass is 963 g/mol. The molecule has 11 nitrogen and oxygen atoms in total. The van der Waals surface area contributed by atoms with Crippen LogP contribution < -0.4 is 0 Å². The molecule has 1 aliphatic rings. The lowest BCUT2D eigenvalue weighted by atomic mass is 9.93. The highest BCUT2D eigenvalue weighted by molar-refractivity contribution is 9.11. The van der Waals surface area contributed by atoms with E-state index in [-0.39, 0.29) is 22.3 Å². The van der Waals surface area contributed by atoms with Crippen LogP contribution in [0.25, 0.3) is 0 Å². The fourth-order valence-corrected chi connectivity index (χ4v) is 6.43. The van der Waals surface area contributed by atoms with E-state index in [1.54, 1.807) is 60.7 Å². The predicted molar refractivity (Wildman–Crippen MR) is 202 cm³/mol. The number of carbonyl (C=O) groups is 5. The summed E-state index contributed by atoms with van der Waals surface area (Å²) < 4.78 is 32.5. The van der Waals surface area contributed by atoms with Crippen molar-refractivity contribution in [2.75, 3.05) is 13.7 Å². The predicted octanol–water partition coefficient (Wildman–Crippen LogP) is 7.77. The number of ether oxygens (including phenoxy) is 5. The minimum absolute atomic E-state index is 0.118. The first-order chi connectivity index (χ1) is 24.9. The first-order valence-corrected chi connectivity index (χ1v) is 18.7. The van der Waals surface area contributed by atoms with E-state index in [4.69, 9.17) is 23.7 Å². The zero-order valence-electron chi connectivity index (χ0n) is 27.4. The highest BCUT2D eigenvalue weighted by Crippen LogP contribution is 2.33. The molecule has 52 heavy (non-hydrogen) atoms. The third-order valence-corrected chi connectivity index (χ3v) is 10.0. The summed E-state index contributed by atoms with van der Waals surface area (Å²) in [5.74, 6) is -3.94. The molecule has 1 heterocycles. The van der Waals surface area contributed by atoms with Gasteiger partial charge < -0.3 is 23.7 Å². The minimum atomic E-state index is -1.60. The van der Waals surface area contributed by atoms with Gasteiger partial charge >= 0.3 is 17.9 Å². The Kier molecular flexibility index (Phi) is 13.6. The van der Waals surface area contributed by atoms with Gasteiger partial charge in [-0.15, -0.1) is 0 Å². The number of halogens is 4. The Morgan fingerprint density at radius 1 is 0.596 bits per heavy atom. The number of benzene rings is 4. The number of amides is 2. The van der Waals surface area contributed by atoms with Crippen LogP contribution in [0.3, 0.4) is 0 Å². The molecule has 1 fully saturated rings. The summed E-state index contributed by atoms with van der Waals surface area (Å²) in [6, 6.07) is 23.7. The van der Waals surface area contributed by atoms with Crippen molar-refractivity contribution in [2.45, 2.75) is 37.6 Å². The molecule has 270 valence electrons. The van der Waals surface area contributed by atoms with Gasteiger partial charge in [0.15, 0.2) is 18.5 Å². The summed E-state index contributed by atoms with van der Waals surface area (Å²) in [5, 5.41) is 0. The maximum atomic E-state index is 14.1. The summed E-state index contributed by atoms with van der Waals surface area (Å²) in [6.07, 6.45) is -5.93. The topological polar surface area (TPSA) is 135 Å². The second kappa shape index (κ2) is 17.9. The van der Waals surface area contributed by atoms with E-state index in [0.717, 1.165) is 16.3 Å². The SMILES string of the molecule is CO[C@H]1O[C@H](COC(=O)c2ccc(Br)cc2)[C@H](OC(=O)c2ccc(Br)cc2)[C@H](OC(=O)c2ccc(Br)cc2)[C@H]1N(C(C)=O)C(=O)c1ccc(Br)cc1. The Bertz CT molecular complexity index is 1920. The standard InChI is InChI=1S/C37H29Br4NO10/c1-20(43)42(33(44)21-3-11-25(38)12-4-21)30-32(52-36(47)24-9-17-28(41)18-10-24)31(51-35(46)23-7-15-27(40)16-8-23)29(50-37(30)48-2)19-49-34(45)22-5-13-26(39)14-6-22/h3-18,29-32,37H,19H2,1-2H3/t29-,30-,31+,32-,37+/m1/s1. The van der Waals surface area contributed by atoms with E-state index in [1.165, 1.54) is 43.5 Å². The van der Waals surface area contributed by atoms with E-state index in [2.05, 4.69) is 63.7 Å². The zero-order valence-corrected chi connectivity index (χ0v) is 33.7. The molecule has 5 atom stereocenters. The lowest BCUT2D eigenvalue weighted by molar-refractivity contribution is -0.273. The number of carbonyl (C=O) groups excluding carboxylic acids is 5. The van der Waals surface area contributed by atoms with Crippen molar-refractivity contribution >= 4 is 93.4 Å². The molecule has 15 heteroatoms. The van der Waals surface area contributed by atoms with E-state index in [1.807, 2.05) is 0 Å². The minimum Gasteiger partial charge on any atom is -0.459 e.